The predicted octanol–water partition coefficient (Wildman–Crippen LogP) is 2.59. The maximum atomic E-state index is 11.6. The Morgan fingerprint density at radius 3 is 2.64 bits per heavy atom. The molecule has 3 rings (SSSR count). The SMILES string of the molecule is CC1CC(C)(C)N(C)c2ccc(/C=C3/NC(=O)NC3=O)cc21. The van der Waals surface area contributed by atoms with E-state index in [1.807, 2.05) is 6.07 Å². The van der Waals surface area contributed by atoms with Crippen LogP contribution in [0, 0.1) is 0 Å². The zero-order valence-electron chi connectivity index (χ0n) is 13.4. The first-order valence-corrected chi connectivity index (χ1v) is 7.50. The maximum absolute atomic E-state index is 11.6. The van der Waals surface area contributed by atoms with Gasteiger partial charge in [-0.1, -0.05) is 13.0 Å². The highest BCUT2D eigenvalue weighted by Gasteiger charge is 2.34. The quantitative estimate of drug-likeness (QED) is 0.619. The number of anilines is 1. The van der Waals surface area contributed by atoms with Crippen molar-refractivity contribution in [1.29, 1.82) is 0 Å². The molecule has 116 valence electrons. The molecule has 1 fully saturated rings. The molecule has 1 saturated heterocycles. The molecule has 3 amide bonds. The lowest BCUT2D eigenvalue weighted by atomic mass is 9.80. The zero-order chi connectivity index (χ0) is 16.1. The minimum atomic E-state index is -0.468. The number of rotatable bonds is 1. The molecule has 1 aromatic carbocycles. The van der Waals surface area contributed by atoms with E-state index in [1.54, 1.807) is 6.08 Å². The Morgan fingerprint density at radius 1 is 1.27 bits per heavy atom. The van der Waals surface area contributed by atoms with Crippen LogP contribution in [0.15, 0.2) is 23.9 Å². The average molecular weight is 299 g/mol. The highest BCUT2D eigenvalue weighted by molar-refractivity contribution is 6.14. The Bertz CT molecular complexity index is 691. The first-order chi connectivity index (χ1) is 10.3. The monoisotopic (exact) mass is 299 g/mol. The summed E-state index contributed by atoms with van der Waals surface area (Å²) in [5.41, 5.74) is 3.85. The second-order valence-electron chi connectivity index (χ2n) is 6.76. The van der Waals surface area contributed by atoms with E-state index < -0.39 is 6.03 Å². The van der Waals surface area contributed by atoms with Crippen molar-refractivity contribution in [2.75, 3.05) is 11.9 Å². The van der Waals surface area contributed by atoms with Gasteiger partial charge in [-0.15, -0.1) is 0 Å². The van der Waals surface area contributed by atoms with Crippen LogP contribution in [-0.2, 0) is 4.79 Å². The number of urea groups is 1. The third kappa shape index (κ3) is 2.36. The standard InChI is InChI=1S/C17H21N3O2/c1-10-9-17(2,3)20(4)14-6-5-11(7-12(10)14)8-13-15(21)19-16(22)18-13/h5-8,10H,9H2,1-4H3,(H2,18,19,21,22)/b13-8+. The van der Waals surface area contributed by atoms with E-state index >= 15 is 0 Å². The first-order valence-electron chi connectivity index (χ1n) is 7.50. The number of benzene rings is 1. The lowest BCUT2D eigenvalue weighted by Gasteiger charge is -2.45. The van der Waals surface area contributed by atoms with Crippen LogP contribution in [0.2, 0.25) is 0 Å². The molecule has 5 nitrogen and oxygen atoms in total. The van der Waals surface area contributed by atoms with Crippen LogP contribution >= 0.6 is 0 Å². The number of hydrogen-bond acceptors (Lipinski definition) is 3. The number of fused-ring (bicyclic) bond motifs is 1. The number of carbonyl (C=O) groups is 2. The molecule has 2 N–H and O–H groups in total. The van der Waals surface area contributed by atoms with Gasteiger partial charge in [-0.3, -0.25) is 10.1 Å². The van der Waals surface area contributed by atoms with Gasteiger partial charge in [0.15, 0.2) is 0 Å². The molecular weight excluding hydrogens is 278 g/mol. The minimum absolute atomic E-state index is 0.131. The summed E-state index contributed by atoms with van der Waals surface area (Å²) >= 11 is 0. The van der Waals surface area contributed by atoms with Gasteiger partial charge in [-0.05, 0) is 55.5 Å². The van der Waals surface area contributed by atoms with E-state index in [1.165, 1.54) is 11.3 Å². The lowest BCUT2D eigenvalue weighted by Crippen LogP contribution is -2.45. The van der Waals surface area contributed by atoms with Gasteiger partial charge in [-0.25, -0.2) is 4.79 Å². The highest BCUT2D eigenvalue weighted by atomic mass is 16.2. The lowest BCUT2D eigenvalue weighted by molar-refractivity contribution is -0.115. The third-order valence-electron chi connectivity index (χ3n) is 4.69. The Labute approximate surface area is 130 Å². The molecule has 0 spiro atoms. The number of amides is 3. The summed E-state index contributed by atoms with van der Waals surface area (Å²) in [6.07, 6.45) is 2.79. The number of nitrogens with one attached hydrogen (secondary N) is 2. The van der Waals surface area contributed by atoms with Crippen molar-refractivity contribution in [2.24, 2.45) is 0 Å². The van der Waals surface area contributed by atoms with Gasteiger partial charge in [0.1, 0.15) is 5.70 Å². The van der Waals surface area contributed by atoms with Crippen molar-refractivity contribution in [3.63, 3.8) is 0 Å². The number of nitrogens with zero attached hydrogens (tertiary/aromatic N) is 1. The second kappa shape index (κ2) is 4.87. The molecule has 1 aromatic rings. The fraction of sp³-hybridized carbons (Fsp3) is 0.412. The summed E-state index contributed by atoms with van der Waals surface area (Å²) in [5, 5.41) is 4.73. The molecule has 2 aliphatic heterocycles. The summed E-state index contributed by atoms with van der Waals surface area (Å²) in [4.78, 5) is 25.1. The van der Waals surface area contributed by atoms with Gasteiger partial charge in [0.25, 0.3) is 5.91 Å². The molecule has 22 heavy (non-hydrogen) atoms. The second-order valence-corrected chi connectivity index (χ2v) is 6.76. The summed E-state index contributed by atoms with van der Waals surface area (Å²) in [6, 6.07) is 5.71. The number of imide groups is 1. The van der Waals surface area contributed by atoms with Crippen molar-refractivity contribution in [1.82, 2.24) is 10.6 Å². The molecule has 0 saturated carbocycles. The summed E-state index contributed by atoms with van der Waals surface area (Å²) < 4.78 is 0. The van der Waals surface area contributed by atoms with Crippen LogP contribution in [0.4, 0.5) is 10.5 Å². The molecule has 2 aliphatic rings. The van der Waals surface area contributed by atoms with Gasteiger partial charge in [0.2, 0.25) is 0 Å². The van der Waals surface area contributed by atoms with Gasteiger partial charge in [0.05, 0.1) is 0 Å². The number of hydrogen-bond donors (Lipinski definition) is 2. The maximum Gasteiger partial charge on any atom is 0.326 e. The van der Waals surface area contributed by atoms with E-state index in [0.29, 0.717) is 11.6 Å². The first kappa shape index (κ1) is 14.6. The average Bonchev–Trinajstić information content (AvgIpc) is 2.74. The fourth-order valence-electron chi connectivity index (χ4n) is 3.33. The molecule has 5 heteroatoms. The summed E-state index contributed by atoms with van der Waals surface area (Å²) in [5.74, 6) is 0.0700. The van der Waals surface area contributed by atoms with Crippen LogP contribution in [0.25, 0.3) is 6.08 Å². The van der Waals surface area contributed by atoms with E-state index in [0.717, 1.165) is 12.0 Å². The van der Waals surface area contributed by atoms with Crippen molar-refractivity contribution in [3.8, 4) is 0 Å². The van der Waals surface area contributed by atoms with Gasteiger partial charge >= 0.3 is 6.03 Å². The Morgan fingerprint density at radius 2 is 2.00 bits per heavy atom. The van der Waals surface area contributed by atoms with Crippen molar-refractivity contribution >= 4 is 23.7 Å². The third-order valence-corrected chi connectivity index (χ3v) is 4.69. The highest BCUT2D eigenvalue weighted by Crippen LogP contribution is 2.42. The molecule has 1 unspecified atom stereocenters. The van der Waals surface area contributed by atoms with Crippen LogP contribution in [-0.4, -0.2) is 24.5 Å². The molecule has 0 bridgehead atoms. The predicted molar refractivity (Wildman–Crippen MR) is 86.6 cm³/mol. The minimum Gasteiger partial charge on any atom is -0.369 e. The number of carbonyl (C=O) groups excluding carboxylic acids is 2. The Balaban J connectivity index is 1.98. The van der Waals surface area contributed by atoms with Crippen molar-refractivity contribution in [2.45, 2.75) is 38.6 Å². The normalized spacial score (nSPS) is 25.0. The summed E-state index contributed by atoms with van der Waals surface area (Å²) in [7, 11) is 2.12. The molecular formula is C17H21N3O2. The van der Waals surface area contributed by atoms with E-state index in [4.69, 9.17) is 0 Å². The van der Waals surface area contributed by atoms with Crippen LogP contribution in [0.5, 0.6) is 0 Å². The topological polar surface area (TPSA) is 61.4 Å². The largest absolute Gasteiger partial charge is 0.369 e. The van der Waals surface area contributed by atoms with Crippen LogP contribution in [0.3, 0.4) is 0 Å². The van der Waals surface area contributed by atoms with Crippen LogP contribution in [0.1, 0.15) is 44.2 Å². The molecule has 1 atom stereocenters. The Kier molecular flexibility index (Phi) is 3.24. The van der Waals surface area contributed by atoms with E-state index in [9.17, 15) is 9.59 Å². The van der Waals surface area contributed by atoms with Gasteiger partial charge in [0, 0.05) is 18.3 Å². The van der Waals surface area contributed by atoms with E-state index in [-0.39, 0.29) is 11.4 Å². The molecule has 0 radical (unpaired) electrons. The van der Waals surface area contributed by atoms with Gasteiger partial charge < -0.3 is 10.2 Å². The fourth-order valence-corrected chi connectivity index (χ4v) is 3.33. The van der Waals surface area contributed by atoms with Crippen molar-refractivity contribution < 1.29 is 9.59 Å². The summed E-state index contributed by atoms with van der Waals surface area (Å²) in [6.45, 7) is 6.73. The zero-order valence-corrected chi connectivity index (χ0v) is 13.4. The van der Waals surface area contributed by atoms with Crippen LogP contribution < -0.4 is 15.5 Å². The van der Waals surface area contributed by atoms with Gasteiger partial charge in [-0.2, -0.15) is 0 Å². The molecule has 2 heterocycles. The molecule has 0 aliphatic carbocycles. The van der Waals surface area contributed by atoms with Crippen molar-refractivity contribution in [3.05, 3.63) is 35.0 Å². The Hall–Kier alpha value is -2.30. The molecule has 0 aromatic heterocycles. The van der Waals surface area contributed by atoms with E-state index in [2.05, 4.69) is 55.5 Å². The smallest absolute Gasteiger partial charge is 0.326 e.